The van der Waals surface area contributed by atoms with Crippen molar-refractivity contribution < 1.29 is 9.21 Å². The number of oxazole rings is 1. The van der Waals surface area contributed by atoms with Crippen LogP contribution in [-0.4, -0.2) is 10.9 Å². The van der Waals surface area contributed by atoms with Gasteiger partial charge in [-0.25, -0.2) is 4.98 Å². The number of anilines is 1. The molecule has 4 heteroatoms. The molecule has 0 saturated carbocycles. The molecule has 0 unspecified atom stereocenters. The van der Waals surface area contributed by atoms with Crippen LogP contribution in [0, 0.1) is 20.8 Å². The van der Waals surface area contributed by atoms with Crippen molar-refractivity contribution in [2.24, 2.45) is 0 Å². The number of amides is 1. The molecule has 0 fully saturated rings. The van der Waals surface area contributed by atoms with E-state index in [-0.39, 0.29) is 5.91 Å². The first-order chi connectivity index (χ1) is 13.0. The first-order valence-corrected chi connectivity index (χ1v) is 8.86. The minimum Gasteiger partial charge on any atom is -0.436 e. The Kier molecular flexibility index (Phi) is 4.24. The predicted octanol–water partition coefficient (Wildman–Crippen LogP) is 5.67. The third-order valence-corrected chi connectivity index (χ3v) is 4.56. The highest BCUT2D eigenvalue weighted by Gasteiger charge is 2.11. The Balaban J connectivity index is 1.55. The summed E-state index contributed by atoms with van der Waals surface area (Å²) >= 11 is 0. The Morgan fingerprint density at radius 2 is 1.59 bits per heavy atom. The van der Waals surface area contributed by atoms with Gasteiger partial charge in [-0.3, -0.25) is 4.79 Å². The van der Waals surface area contributed by atoms with Crippen LogP contribution in [0.25, 0.3) is 22.6 Å². The second kappa shape index (κ2) is 6.72. The lowest BCUT2D eigenvalue weighted by atomic mass is 10.1. The van der Waals surface area contributed by atoms with Gasteiger partial charge >= 0.3 is 0 Å². The zero-order chi connectivity index (χ0) is 19.0. The van der Waals surface area contributed by atoms with E-state index < -0.39 is 0 Å². The number of nitrogens with zero attached hydrogens (tertiary/aromatic N) is 1. The molecule has 0 bridgehead atoms. The summed E-state index contributed by atoms with van der Waals surface area (Å²) in [6, 6.07) is 19.3. The Morgan fingerprint density at radius 1 is 0.889 bits per heavy atom. The number of carbonyl (C=O) groups is 1. The van der Waals surface area contributed by atoms with E-state index in [2.05, 4.69) is 10.3 Å². The molecule has 4 nitrogen and oxygen atoms in total. The number of aromatic nitrogens is 1. The summed E-state index contributed by atoms with van der Waals surface area (Å²) in [6.45, 7) is 5.98. The maximum atomic E-state index is 12.5. The fraction of sp³-hybridized carbons (Fsp3) is 0.130. The largest absolute Gasteiger partial charge is 0.436 e. The molecule has 4 rings (SSSR count). The van der Waals surface area contributed by atoms with Crippen LogP contribution in [0.5, 0.6) is 0 Å². The third kappa shape index (κ3) is 3.47. The summed E-state index contributed by atoms with van der Waals surface area (Å²) in [5.41, 5.74) is 7.13. The van der Waals surface area contributed by atoms with Crippen LogP contribution in [0.15, 0.2) is 65.1 Å². The van der Waals surface area contributed by atoms with Crippen LogP contribution in [0.3, 0.4) is 0 Å². The maximum absolute atomic E-state index is 12.5. The smallest absolute Gasteiger partial charge is 0.255 e. The second-order valence-corrected chi connectivity index (χ2v) is 6.84. The molecule has 1 amide bonds. The van der Waals surface area contributed by atoms with Crippen molar-refractivity contribution in [1.82, 2.24) is 4.98 Å². The van der Waals surface area contributed by atoms with Crippen LogP contribution in [-0.2, 0) is 0 Å². The van der Waals surface area contributed by atoms with Gasteiger partial charge in [0.1, 0.15) is 5.52 Å². The van der Waals surface area contributed by atoms with E-state index in [4.69, 9.17) is 4.42 Å². The standard InChI is InChI=1S/C23H20N2O2/c1-14-4-10-19(16(3)12-14)22(26)24-18-8-6-17(7-9-18)23-25-20-11-5-15(2)13-21(20)27-23/h4-13H,1-3H3,(H,24,26). The molecule has 0 aliphatic heterocycles. The first-order valence-electron chi connectivity index (χ1n) is 8.86. The van der Waals surface area contributed by atoms with Gasteiger partial charge in [0.05, 0.1) is 0 Å². The monoisotopic (exact) mass is 356 g/mol. The average molecular weight is 356 g/mol. The van der Waals surface area contributed by atoms with Gasteiger partial charge in [-0.2, -0.15) is 0 Å². The fourth-order valence-electron chi connectivity index (χ4n) is 3.12. The van der Waals surface area contributed by atoms with E-state index in [0.717, 1.165) is 39.0 Å². The summed E-state index contributed by atoms with van der Waals surface area (Å²) in [4.78, 5) is 17.0. The minimum atomic E-state index is -0.113. The molecule has 27 heavy (non-hydrogen) atoms. The van der Waals surface area contributed by atoms with Crippen LogP contribution in [0.4, 0.5) is 5.69 Å². The third-order valence-electron chi connectivity index (χ3n) is 4.56. The van der Waals surface area contributed by atoms with E-state index in [1.54, 1.807) is 0 Å². The second-order valence-electron chi connectivity index (χ2n) is 6.84. The van der Waals surface area contributed by atoms with Crippen LogP contribution in [0.1, 0.15) is 27.0 Å². The zero-order valence-corrected chi connectivity index (χ0v) is 15.5. The van der Waals surface area contributed by atoms with Gasteiger partial charge < -0.3 is 9.73 Å². The van der Waals surface area contributed by atoms with Crippen LogP contribution >= 0.6 is 0 Å². The highest BCUT2D eigenvalue weighted by atomic mass is 16.3. The lowest BCUT2D eigenvalue weighted by Gasteiger charge is -2.08. The molecular formula is C23H20N2O2. The predicted molar refractivity (Wildman–Crippen MR) is 108 cm³/mol. The van der Waals surface area contributed by atoms with E-state index in [1.807, 2.05) is 81.4 Å². The number of nitrogens with one attached hydrogen (secondary N) is 1. The van der Waals surface area contributed by atoms with Crippen molar-refractivity contribution in [2.45, 2.75) is 20.8 Å². The summed E-state index contributed by atoms with van der Waals surface area (Å²) in [5, 5.41) is 2.94. The molecule has 0 spiro atoms. The molecule has 1 N–H and O–H groups in total. The molecule has 4 aromatic rings. The van der Waals surface area contributed by atoms with Gasteiger partial charge in [0, 0.05) is 16.8 Å². The molecule has 3 aromatic carbocycles. The van der Waals surface area contributed by atoms with Crippen molar-refractivity contribution in [1.29, 1.82) is 0 Å². The van der Waals surface area contributed by atoms with Gasteiger partial charge in [0.15, 0.2) is 5.58 Å². The number of carbonyl (C=O) groups excluding carboxylic acids is 1. The number of rotatable bonds is 3. The van der Waals surface area contributed by atoms with E-state index >= 15 is 0 Å². The molecule has 0 aliphatic carbocycles. The SMILES string of the molecule is Cc1ccc(C(=O)Nc2ccc(-c3nc4ccc(C)cc4o3)cc2)c(C)c1. The Hall–Kier alpha value is -3.40. The van der Waals surface area contributed by atoms with E-state index in [1.165, 1.54) is 0 Å². The lowest BCUT2D eigenvalue weighted by Crippen LogP contribution is -2.13. The minimum absolute atomic E-state index is 0.113. The van der Waals surface area contributed by atoms with Gasteiger partial charge in [0.2, 0.25) is 5.89 Å². The Labute approximate surface area is 157 Å². The average Bonchev–Trinajstić information content (AvgIpc) is 3.05. The topological polar surface area (TPSA) is 55.1 Å². The van der Waals surface area contributed by atoms with E-state index in [0.29, 0.717) is 11.5 Å². The number of hydrogen-bond donors (Lipinski definition) is 1. The normalized spacial score (nSPS) is 10.9. The van der Waals surface area contributed by atoms with Crippen molar-refractivity contribution >= 4 is 22.7 Å². The number of hydrogen-bond acceptors (Lipinski definition) is 3. The van der Waals surface area contributed by atoms with Gasteiger partial charge in [-0.15, -0.1) is 0 Å². The Morgan fingerprint density at radius 3 is 2.33 bits per heavy atom. The molecule has 1 heterocycles. The highest BCUT2D eigenvalue weighted by molar-refractivity contribution is 6.05. The quantitative estimate of drug-likeness (QED) is 0.514. The lowest BCUT2D eigenvalue weighted by molar-refractivity contribution is 0.102. The molecule has 0 aliphatic rings. The zero-order valence-electron chi connectivity index (χ0n) is 15.5. The van der Waals surface area contributed by atoms with Crippen molar-refractivity contribution in [2.75, 3.05) is 5.32 Å². The molecule has 0 radical (unpaired) electrons. The molecular weight excluding hydrogens is 336 g/mol. The summed E-state index contributed by atoms with van der Waals surface area (Å²) in [7, 11) is 0. The number of benzene rings is 3. The van der Waals surface area contributed by atoms with E-state index in [9.17, 15) is 4.79 Å². The summed E-state index contributed by atoms with van der Waals surface area (Å²) in [5.74, 6) is 0.459. The molecule has 1 aromatic heterocycles. The van der Waals surface area contributed by atoms with Gasteiger partial charge in [0.25, 0.3) is 5.91 Å². The van der Waals surface area contributed by atoms with Crippen molar-refractivity contribution in [3.63, 3.8) is 0 Å². The maximum Gasteiger partial charge on any atom is 0.255 e. The number of fused-ring (bicyclic) bond motifs is 1. The summed E-state index contributed by atoms with van der Waals surface area (Å²) in [6.07, 6.45) is 0. The Bertz CT molecular complexity index is 1140. The summed E-state index contributed by atoms with van der Waals surface area (Å²) < 4.78 is 5.85. The van der Waals surface area contributed by atoms with Gasteiger partial charge in [-0.1, -0.05) is 23.8 Å². The van der Waals surface area contributed by atoms with Crippen molar-refractivity contribution in [3.8, 4) is 11.5 Å². The van der Waals surface area contributed by atoms with Crippen LogP contribution in [0.2, 0.25) is 0 Å². The molecule has 0 atom stereocenters. The molecule has 0 saturated heterocycles. The molecule has 134 valence electrons. The van der Waals surface area contributed by atoms with Crippen LogP contribution < -0.4 is 5.32 Å². The highest BCUT2D eigenvalue weighted by Crippen LogP contribution is 2.26. The first kappa shape index (κ1) is 17.0. The number of aryl methyl sites for hydroxylation is 3. The van der Waals surface area contributed by atoms with Crippen molar-refractivity contribution in [3.05, 3.63) is 82.9 Å². The fourth-order valence-corrected chi connectivity index (χ4v) is 3.12. The van der Waals surface area contributed by atoms with Gasteiger partial charge in [-0.05, 0) is 74.4 Å².